The fourth-order valence-electron chi connectivity index (χ4n) is 3.44. The molecular formula is C16H22BrN3O. The Morgan fingerprint density at radius 3 is 2.48 bits per heavy atom. The average molecular weight is 352 g/mol. The van der Waals surface area contributed by atoms with E-state index in [1.807, 2.05) is 11.0 Å². The minimum Gasteiger partial charge on any atom is -0.399 e. The smallest absolute Gasteiger partial charge is 0.255 e. The lowest BCUT2D eigenvalue weighted by atomic mass is 10.1. The van der Waals surface area contributed by atoms with Crippen LogP contribution in [0, 0.1) is 0 Å². The Kier molecular flexibility index (Phi) is 4.50. The summed E-state index contributed by atoms with van der Waals surface area (Å²) >= 11 is 3.45. The number of carbonyl (C=O) groups is 1. The second-order valence-electron chi connectivity index (χ2n) is 6.01. The molecule has 0 aromatic heterocycles. The molecule has 1 aromatic carbocycles. The monoisotopic (exact) mass is 351 g/mol. The lowest BCUT2D eigenvalue weighted by Crippen LogP contribution is -2.51. The van der Waals surface area contributed by atoms with Gasteiger partial charge in [0, 0.05) is 42.4 Å². The van der Waals surface area contributed by atoms with Crippen LogP contribution in [0.1, 0.15) is 36.0 Å². The van der Waals surface area contributed by atoms with Gasteiger partial charge in [-0.2, -0.15) is 0 Å². The van der Waals surface area contributed by atoms with Gasteiger partial charge in [0.25, 0.3) is 5.91 Å². The Morgan fingerprint density at radius 1 is 1.14 bits per heavy atom. The van der Waals surface area contributed by atoms with Crippen LogP contribution < -0.4 is 5.73 Å². The molecule has 5 heteroatoms. The molecule has 0 radical (unpaired) electrons. The molecule has 2 fully saturated rings. The third kappa shape index (κ3) is 3.24. The molecule has 0 atom stereocenters. The van der Waals surface area contributed by atoms with Crippen LogP contribution in [0.5, 0.6) is 0 Å². The predicted molar refractivity (Wildman–Crippen MR) is 88.3 cm³/mol. The molecule has 0 spiro atoms. The van der Waals surface area contributed by atoms with Crippen LogP contribution in [0.25, 0.3) is 0 Å². The van der Waals surface area contributed by atoms with Crippen LogP contribution >= 0.6 is 15.9 Å². The fourth-order valence-corrected chi connectivity index (χ4v) is 3.85. The SMILES string of the molecule is Nc1ccc(Br)c(C(=O)N2CCN(C3CCCC3)CC2)c1. The van der Waals surface area contributed by atoms with Crippen molar-refractivity contribution in [1.82, 2.24) is 9.80 Å². The van der Waals surface area contributed by atoms with Crippen molar-refractivity contribution >= 4 is 27.5 Å². The number of piperazine rings is 1. The molecule has 2 N–H and O–H groups in total. The van der Waals surface area contributed by atoms with Crippen molar-refractivity contribution in [3.8, 4) is 0 Å². The molecule has 3 rings (SSSR count). The van der Waals surface area contributed by atoms with Gasteiger partial charge in [0.2, 0.25) is 0 Å². The first-order chi connectivity index (χ1) is 10.1. The Morgan fingerprint density at radius 2 is 1.81 bits per heavy atom. The highest BCUT2D eigenvalue weighted by atomic mass is 79.9. The zero-order valence-electron chi connectivity index (χ0n) is 12.2. The summed E-state index contributed by atoms with van der Waals surface area (Å²) in [6.45, 7) is 3.62. The van der Waals surface area contributed by atoms with Crippen molar-refractivity contribution < 1.29 is 4.79 Å². The largest absolute Gasteiger partial charge is 0.399 e. The van der Waals surface area contributed by atoms with E-state index in [2.05, 4.69) is 20.8 Å². The maximum absolute atomic E-state index is 12.6. The predicted octanol–water partition coefficient (Wildman–Crippen LogP) is 2.73. The van der Waals surface area contributed by atoms with Crippen LogP contribution in [0.2, 0.25) is 0 Å². The summed E-state index contributed by atoms with van der Waals surface area (Å²) in [4.78, 5) is 17.1. The van der Waals surface area contributed by atoms with Crippen molar-refractivity contribution in [1.29, 1.82) is 0 Å². The van der Waals surface area contributed by atoms with E-state index < -0.39 is 0 Å². The van der Waals surface area contributed by atoms with E-state index in [1.54, 1.807) is 12.1 Å². The molecule has 4 nitrogen and oxygen atoms in total. The van der Waals surface area contributed by atoms with Crippen molar-refractivity contribution in [2.75, 3.05) is 31.9 Å². The second-order valence-corrected chi connectivity index (χ2v) is 6.86. The van der Waals surface area contributed by atoms with E-state index in [4.69, 9.17) is 5.73 Å². The van der Waals surface area contributed by atoms with Crippen molar-refractivity contribution in [2.45, 2.75) is 31.7 Å². The Labute approximate surface area is 134 Å². The summed E-state index contributed by atoms with van der Waals surface area (Å²) in [6.07, 6.45) is 5.38. The lowest BCUT2D eigenvalue weighted by molar-refractivity contribution is 0.0572. The first kappa shape index (κ1) is 14.9. The number of hydrogen-bond acceptors (Lipinski definition) is 3. The molecular weight excluding hydrogens is 330 g/mol. The van der Waals surface area contributed by atoms with Crippen molar-refractivity contribution in [3.05, 3.63) is 28.2 Å². The molecule has 1 saturated heterocycles. The van der Waals surface area contributed by atoms with E-state index in [9.17, 15) is 4.79 Å². The molecule has 21 heavy (non-hydrogen) atoms. The maximum atomic E-state index is 12.6. The van der Waals surface area contributed by atoms with Gasteiger partial charge in [0.05, 0.1) is 5.56 Å². The van der Waals surface area contributed by atoms with Crippen molar-refractivity contribution in [3.63, 3.8) is 0 Å². The maximum Gasteiger partial charge on any atom is 0.255 e. The minimum atomic E-state index is 0.0836. The standard InChI is InChI=1S/C16H22BrN3O/c17-15-6-5-12(18)11-14(15)16(21)20-9-7-19(8-10-20)13-3-1-2-4-13/h5-6,11,13H,1-4,7-10,18H2. The number of nitrogen functional groups attached to an aromatic ring is 1. The summed E-state index contributed by atoms with van der Waals surface area (Å²) < 4.78 is 0.819. The van der Waals surface area contributed by atoms with Gasteiger partial charge in [-0.1, -0.05) is 12.8 Å². The summed E-state index contributed by atoms with van der Waals surface area (Å²) in [6, 6.07) is 6.16. The number of nitrogens with two attached hydrogens (primary N) is 1. The summed E-state index contributed by atoms with van der Waals surface area (Å²) in [5.74, 6) is 0.0836. The van der Waals surface area contributed by atoms with E-state index in [-0.39, 0.29) is 5.91 Å². The van der Waals surface area contributed by atoms with Crippen LogP contribution in [0.15, 0.2) is 22.7 Å². The molecule has 1 aromatic rings. The Hall–Kier alpha value is -1.07. The van der Waals surface area contributed by atoms with Gasteiger partial charge in [-0.3, -0.25) is 9.69 Å². The molecule has 114 valence electrons. The van der Waals surface area contributed by atoms with Gasteiger partial charge in [-0.15, -0.1) is 0 Å². The Bertz CT molecular complexity index is 520. The zero-order chi connectivity index (χ0) is 14.8. The minimum absolute atomic E-state index is 0.0836. The zero-order valence-corrected chi connectivity index (χ0v) is 13.8. The average Bonchev–Trinajstić information content (AvgIpc) is 3.03. The molecule has 1 saturated carbocycles. The van der Waals surface area contributed by atoms with Gasteiger partial charge in [0.15, 0.2) is 0 Å². The quantitative estimate of drug-likeness (QED) is 0.833. The van der Waals surface area contributed by atoms with Crippen molar-refractivity contribution in [2.24, 2.45) is 0 Å². The highest BCUT2D eigenvalue weighted by Gasteiger charge is 2.28. The Balaban J connectivity index is 1.63. The van der Waals surface area contributed by atoms with Gasteiger partial charge in [-0.25, -0.2) is 0 Å². The summed E-state index contributed by atoms with van der Waals surface area (Å²) in [5, 5.41) is 0. The summed E-state index contributed by atoms with van der Waals surface area (Å²) in [7, 11) is 0. The van der Waals surface area contributed by atoms with E-state index in [0.29, 0.717) is 11.3 Å². The number of rotatable bonds is 2. The number of anilines is 1. The number of benzene rings is 1. The van der Waals surface area contributed by atoms with Gasteiger partial charge in [0.1, 0.15) is 0 Å². The van der Waals surface area contributed by atoms with Crippen LogP contribution in [0.3, 0.4) is 0 Å². The number of amides is 1. The highest BCUT2D eigenvalue weighted by molar-refractivity contribution is 9.10. The van der Waals surface area contributed by atoms with Crippen LogP contribution in [-0.2, 0) is 0 Å². The number of nitrogens with zero attached hydrogens (tertiary/aromatic N) is 2. The molecule has 2 aliphatic rings. The molecule has 1 heterocycles. The third-order valence-electron chi connectivity index (χ3n) is 4.66. The van der Waals surface area contributed by atoms with E-state index in [0.717, 1.165) is 36.7 Å². The highest BCUT2D eigenvalue weighted by Crippen LogP contribution is 2.26. The molecule has 0 bridgehead atoms. The van der Waals surface area contributed by atoms with E-state index in [1.165, 1.54) is 25.7 Å². The number of halogens is 1. The molecule has 1 aliphatic heterocycles. The first-order valence-corrected chi connectivity index (χ1v) is 8.53. The topological polar surface area (TPSA) is 49.6 Å². The molecule has 1 amide bonds. The number of carbonyl (C=O) groups excluding carboxylic acids is 1. The fraction of sp³-hybridized carbons (Fsp3) is 0.562. The van der Waals surface area contributed by atoms with Gasteiger partial charge in [-0.05, 0) is 47.0 Å². The lowest BCUT2D eigenvalue weighted by Gasteiger charge is -2.38. The summed E-state index contributed by atoms with van der Waals surface area (Å²) in [5.41, 5.74) is 7.10. The van der Waals surface area contributed by atoms with Crippen LogP contribution in [0.4, 0.5) is 5.69 Å². The normalized spacial score (nSPS) is 20.9. The molecule has 1 aliphatic carbocycles. The van der Waals surface area contributed by atoms with Gasteiger partial charge >= 0.3 is 0 Å². The van der Waals surface area contributed by atoms with Crippen LogP contribution in [-0.4, -0.2) is 47.9 Å². The number of hydrogen-bond donors (Lipinski definition) is 1. The van der Waals surface area contributed by atoms with E-state index >= 15 is 0 Å². The first-order valence-electron chi connectivity index (χ1n) is 7.73. The third-order valence-corrected chi connectivity index (χ3v) is 5.35. The molecule has 0 unspecified atom stereocenters. The van der Waals surface area contributed by atoms with Gasteiger partial charge < -0.3 is 10.6 Å². The second kappa shape index (κ2) is 6.36.